The molecule has 1 heterocycles. The lowest BCUT2D eigenvalue weighted by Crippen LogP contribution is -2.37. The highest BCUT2D eigenvalue weighted by atomic mass is 16.5. The SMILES string of the molecule is COc1ccc(CCCCC(=O)N2CCC(c3ccccc3)CC2)cc1. The van der Waals surface area contributed by atoms with Gasteiger partial charge in [0.25, 0.3) is 0 Å². The van der Waals surface area contributed by atoms with Gasteiger partial charge >= 0.3 is 0 Å². The Kier molecular flexibility index (Phi) is 6.70. The minimum Gasteiger partial charge on any atom is -0.497 e. The summed E-state index contributed by atoms with van der Waals surface area (Å²) < 4.78 is 5.18. The molecule has 3 heteroatoms. The van der Waals surface area contributed by atoms with Crippen LogP contribution in [0.2, 0.25) is 0 Å². The van der Waals surface area contributed by atoms with Gasteiger partial charge in [-0.15, -0.1) is 0 Å². The maximum Gasteiger partial charge on any atom is 0.222 e. The van der Waals surface area contributed by atoms with E-state index in [0.717, 1.165) is 50.9 Å². The third-order valence-electron chi connectivity index (χ3n) is 5.38. The number of amides is 1. The molecule has 2 aromatic carbocycles. The van der Waals surface area contributed by atoms with Crippen molar-refractivity contribution in [3.8, 4) is 5.75 Å². The van der Waals surface area contributed by atoms with Crippen LogP contribution in [0.4, 0.5) is 0 Å². The fourth-order valence-electron chi connectivity index (χ4n) is 3.74. The predicted molar refractivity (Wildman–Crippen MR) is 106 cm³/mol. The number of ether oxygens (including phenoxy) is 1. The fourth-order valence-corrected chi connectivity index (χ4v) is 3.74. The number of carbonyl (C=O) groups is 1. The Morgan fingerprint density at radius 1 is 1.00 bits per heavy atom. The Morgan fingerprint density at radius 2 is 1.69 bits per heavy atom. The largest absolute Gasteiger partial charge is 0.497 e. The maximum atomic E-state index is 12.4. The van der Waals surface area contributed by atoms with Gasteiger partial charge in [-0.25, -0.2) is 0 Å². The third-order valence-corrected chi connectivity index (χ3v) is 5.38. The number of nitrogens with zero attached hydrogens (tertiary/aromatic N) is 1. The molecule has 138 valence electrons. The van der Waals surface area contributed by atoms with Crippen LogP contribution in [0.15, 0.2) is 54.6 Å². The van der Waals surface area contributed by atoms with Crippen LogP contribution >= 0.6 is 0 Å². The smallest absolute Gasteiger partial charge is 0.222 e. The van der Waals surface area contributed by atoms with E-state index in [2.05, 4.69) is 47.4 Å². The van der Waals surface area contributed by atoms with Crippen LogP contribution in [0.3, 0.4) is 0 Å². The second-order valence-corrected chi connectivity index (χ2v) is 7.12. The molecular formula is C23H29NO2. The van der Waals surface area contributed by atoms with Crippen LogP contribution in [0.1, 0.15) is 49.1 Å². The number of piperidine rings is 1. The molecule has 0 atom stereocenters. The van der Waals surface area contributed by atoms with Gasteiger partial charge in [-0.2, -0.15) is 0 Å². The quantitative estimate of drug-likeness (QED) is 0.670. The van der Waals surface area contributed by atoms with Crippen molar-refractivity contribution in [2.45, 2.75) is 44.4 Å². The van der Waals surface area contributed by atoms with Crippen molar-refractivity contribution < 1.29 is 9.53 Å². The van der Waals surface area contributed by atoms with Crippen molar-refractivity contribution in [3.05, 3.63) is 65.7 Å². The van der Waals surface area contributed by atoms with Gasteiger partial charge in [0.05, 0.1) is 7.11 Å². The van der Waals surface area contributed by atoms with Gasteiger partial charge in [0.15, 0.2) is 0 Å². The van der Waals surface area contributed by atoms with Crippen molar-refractivity contribution in [3.63, 3.8) is 0 Å². The average Bonchev–Trinajstić information content (AvgIpc) is 2.72. The van der Waals surface area contributed by atoms with E-state index in [1.807, 2.05) is 12.1 Å². The summed E-state index contributed by atoms with van der Waals surface area (Å²) in [6.45, 7) is 1.80. The molecule has 0 aliphatic carbocycles. The topological polar surface area (TPSA) is 29.5 Å². The van der Waals surface area contributed by atoms with Crippen LogP contribution in [-0.2, 0) is 11.2 Å². The van der Waals surface area contributed by atoms with Gasteiger partial charge in [0.1, 0.15) is 5.75 Å². The first-order valence-corrected chi connectivity index (χ1v) is 9.72. The number of carbonyl (C=O) groups excluding carboxylic acids is 1. The maximum absolute atomic E-state index is 12.4. The Labute approximate surface area is 157 Å². The number of likely N-dealkylation sites (tertiary alicyclic amines) is 1. The molecule has 1 amide bonds. The number of hydrogen-bond acceptors (Lipinski definition) is 2. The summed E-state index contributed by atoms with van der Waals surface area (Å²) in [5, 5.41) is 0. The zero-order valence-electron chi connectivity index (χ0n) is 15.7. The van der Waals surface area contributed by atoms with Crippen LogP contribution in [-0.4, -0.2) is 31.0 Å². The molecule has 1 fully saturated rings. The number of unbranched alkanes of at least 4 members (excludes halogenated alkanes) is 1. The lowest BCUT2D eigenvalue weighted by molar-refractivity contribution is -0.132. The summed E-state index contributed by atoms with van der Waals surface area (Å²) in [6.07, 6.45) is 5.88. The molecule has 0 aromatic heterocycles. The first-order chi connectivity index (χ1) is 12.8. The summed E-state index contributed by atoms with van der Waals surface area (Å²) in [6, 6.07) is 18.9. The zero-order chi connectivity index (χ0) is 18.2. The van der Waals surface area contributed by atoms with Gasteiger partial charge in [-0.3, -0.25) is 4.79 Å². The van der Waals surface area contributed by atoms with Gasteiger partial charge < -0.3 is 9.64 Å². The molecule has 26 heavy (non-hydrogen) atoms. The Morgan fingerprint density at radius 3 is 2.35 bits per heavy atom. The fraction of sp³-hybridized carbons (Fsp3) is 0.435. The van der Waals surface area contributed by atoms with E-state index in [4.69, 9.17) is 4.74 Å². The first-order valence-electron chi connectivity index (χ1n) is 9.72. The highest BCUT2D eigenvalue weighted by molar-refractivity contribution is 5.76. The summed E-state index contributed by atoms with van der Waals surface area (Å²) in [7, 11) is 1.68. The Bertz CT molecular complexity index is 673. The van der Waals surface area contributed by atoms with Gasteiger partial charge in [0, 0.05) is 19.5 Å². The number of benzene rings is 2. The number of methoxy groups -OCH3 is 1. The molecule has 2 aromatic rings. The minimum absolute atomic E-state index is 0.325. The van der Waals surface area contributed by atoms with Gasteiger partial charge in [-0.05, 0) is 61.3 Å². The molecule has 1 aliphatic rings. The average molecular weight is 351 g/mol. The summed E-state index contributed by atoms with van der Waals surface area (Å²) in [4.78, 5) is 14.5. The van der Waals surface area contributed by atoms with Crippen molar-refractivity contribution in [1.29, 1.82) is 0 Å². The molecule has 0 unspecified atom stereocenters. The lowest BCUT2D eigenvalue weighted by Gasteiger charge is -2.32. The van der Waals surface area contributed by atoms with Crippen LogP contribution in [0.5, 0.6) is 5.75 Å². The van der Waals surface area contributed by atoms with E-state index >= 15 is 0 Å². The van der Waals surface area contributed by atoms with Crippen molar-refractivity contribution in [2.24, 2.45) is 0 Å². The van der Waals surface area contributed by atoms with E-state index in [9.17, 15) is 4.79 Å². The summed E-state index contributed by atoms with van der Waals surface area (Å²) >= 11 is 0. The van der Waals surface area contributed by atoms with Crippen molar-refractivity contribution in [2.75, 3.05) is 20.2 Å². The molecule has 0 saturated carbocycles. The molecule has 3 nitrogen and oxygen atoms in total. The molecule has 0 bridgehead atoms. The van der Waals surface area contributed by atoms with Crippen molar-refractivity contribution in [1.82, 2.24) is 4.90 Å². The second-order valence-electron chi connectivity index (χ2n) is 7.12. The van der Waals surface area contributed by atoms with E-state index < -0.39 is 0 Å². The van der Waals surface area contributed by atoms with E-state index in [-0.39, 0.29) is 0 Å². The highest BCUT2D eigenvalue weighted by Gasteiger charge is 2.23. The first kappa shape index (κ1) is 18.5. The third kappa shape index (κ3) is 5.10. The second kappa shape index (κ2) is 9.42. The van der Waals surface area contributed by atoms with E-state index in [1.54, 1.807) is 7.11 Å². The van der Waals surface area contributed by atoms with E-state index in [1.165, 1.54) is 11.1 Å². The Balaban J connectivity index is 1.35. The summed E-state index contributed by atoms with van der Waals surface area (Å²) in [5.41, 5.74) is 2.72. The standard InChI is InChI=1S/C23H29NO2/c1-26-22-13-11-19(12-14-22)7-5-6-10-23(25)24-17-15-21(16-18-24)20-8-3-2-4-9-20/h2-4,8-9,11-14,21H,5-7,10,15-18H2,1H3. The lowest BCUT2D eigenvalue weighted by atomic mass is 9.89. The molecule has 0 N–H and O–H groups in total. The van der Waals surface area contributed by atoms with Crippen molar-refractivity contribution >= 4 is 5.91 Å². The normalized spacial score (nSPS) is 15.0. The van der Waals surface area contributed by atoms with Crippen LogP contribution in [0.25, 0.3) is 0 Å². The number of hydrogen-bond donors (Lipinski definition) is 0. The van der Waals surface area contributed by atoms with Crippen LogP contribution < -0.4 is 4.74 Å². The predicted octanol–water partition coefficient (Wildman–Crippen LogP) is 4.81. The van der Waals surface area contributed by atoms with Crippen LogP contribution in [0, 0.1) is 0 Å². The molecule has 1 aliphatic heterocycles. The highest BCUT2D eigenvalue weighted by Crippen LogP contribution is 2.28. The minimum atomic E-state index is 0.325. The molecule has 1 saturated heterocycles. The van der Waals surface area contributed by atoms with Gasteiger partial charge in [-0.1, -0.05) is 42.5 Å². The van der Waals surface area contributed by atoms with Gasteiger partial charge in [0.2, 0.25) is 5.91 Å². The molecule has 3 rings (SSSR count). The molecule has 0 radical (unpaired) electrons. The summed E-state index contributed by atoms with van der Waals surface area (Å²) in [5.74, 6) is 1.82. The zero-order valence-corrected chi connectivity index (χ0v) is 15.7. The molecule has 0 spiro atoms. The monoisotopic (exact) mass is 351 g/mol. The Hall–Kier alpha value is -2.29. The number of aryl methyl sites for hydroxylation is 1. The van der Waals surface area contributed by atoms with E-state index in [0.29, 0.717) is 18.2 Å². The number of rotatable bonds is 7. The molecular weight excluding hydrogens is 322 g/mol.